The SMILES string of the molecule is CCCn1c(=O)n(CC(=O)N[C@@H]2CCC[C@@H](C)[C@H]2C)c2ccccc21. The van der Waals surface area contributed by atoms with E-state index in [0.29, 0.717) is 18.4 Å². The zero-order valence-corrected chi connectivity index (χ0v) is 15.5. The first-order valence-corrected chi connectivity index (χ1v) is 9.50. The Labute approximate surface area is 149 Å². The van der Waals surface area contributed by atoms with Crippen LogP contribution in [0.5, 0.6) is 0 Å². The fourth-order valence-electron chi connectivity index (χ4n) is 4.05. The number of amides is 1. The number of fused-ring (bicyclic) bond motifs is 1. The van der Waals surface area contributed by atoms with Gasteiger partial charge in [0, 0.05) is 12.6 Å². The Kier molecular flexibility index (Phi) is 5.30. The lowest BCUT2D eigenvalue weighted by Gasteiger charge is -2.34. The molecule has 1 aliphatic rings. The quantitative estimate of drug-likeness (QED) is 0.907. The highest BCUT2D eigenvalue weighted by atomic mass is 16.2. The minimum absolute atomic E-state index is 0.0625. The van der Waals surface area contributed by atoms with Crippen molar-refractivity contribution in [3.8, 4) is 0 Å². The number of aromatic nitrogens is 2. The number of imidazole rings is 1. The molecule has 1 fully saturated rings. The Morgan fingerprint density at radius 1 is 1.16 bits per heavy atom. The van der Waals surface area contributed by atoms with Gasteiger partial charge in [0.15, 0.2) is 0 Å². The summed E-state index contributed by atoms with van der Waals surface area (Å²) >= 11 is 0. The Morgan fingerprint density at radius 2 is 1.84 bits per heavy atom. The van der Waals surface area contributed by atoms with E-state index in [0.717, 1.165) is 30.3 Å². The number of benzene rings is 1. The van der Waals surface area contributed by atoms with Crippen LogP contribution < -0.4 is 11.0 Å². The first-order chi connectivity index (χ1) is 12.0. The van der Waals surface area contributed by atoms with E-state index in [1.807, 2.05) is 24.3 Å². The topological polar surface area (TPSA) is 56.0 Å². The van der Waals surface area contributed by atoms with Gasteiger partial charge in [-0.3, -0.25) is 13.9 Å². The molecule has 1 aromatic carbocycles. The molecule has 2 aromatic rings. The number of carbonyl (C=O) groups excluding carboxylic acids is 1. The lowest BCUT2D eigenvalue weighted by Crippen LogP contribution is -2.45. The summed E-state index contributed by atoms with van der Waals surface area (Å²) in [5.41, 5.74) is 1.64. The van der Waals surface area contributed by atoms with Crippen LogP contribution in [-0.2, 0) is 17.9 Å². The summed E-state index contributed by atoms with van der Waals surface area (Å²) in [6, 6.07) is 7.93. The number of nitrogens with zero attached hydrogens (tertiary/aromatic N) is 2. The second-order valence-corrected chi connectivity index (χ2v) is 7.45. The first-order valence-electron chi connectivity index (χ1n) is 9.50. The Balaban J connectivity index is 1.82. The molecule has 0 aliphatic heterocycles. The van der Waals surface area contributed by atoms with Crippen LogP contribution in [0.15, 0.2) is 29.1 Å². The molecule has 1 aromatic heterocycles. The van der Waals surface area contributed by atoms with Gasteiger partial charge in [0.2, 0.25) is 5.91 Å². The summed E-state index contributed by atoms with van der Waals surface area (Å²) in [4.78, 5) is 25.4. The van der Waals surface area contributed by atoms with Gasteiger partial charge in [-0.2, -0.15) is 0 Å². The van der Waals surface area contributed by atoms with Gasteiger partial charge < -0.3 is 5.32 Å². The van der Waals surface area contributed by atoms with Gasteiger partial charge in [0.05, 0.1) is 11.0 Å². The van der Waals surface area contributed by atoms with E-state index in [-0.39, 0.29) is 24.2 Å². The molecule has 0 radical (unpaired) electrons. The molecule has 3 atom stereocenters. The first kappa shape index (κ1) is 17.8. The van der Waals surface area contributed by atoms with Crippen molar-refractivity contribution in [1.29, 1.82) is 0 Å². The van der Waals surface area contributed by atoms with Gasteiger partial charge in [-0.25, -0.2) is 4.79 Å². The predicted molar refractivity (Wildman–Crippen MR) is 101 cm³/mol. The lowest BCUT2D eigenvalue weighted by molar-refractivity contribution is -0.123. The highest BCUT2D eigenvalue weighted by Crippen LogP contribution is 2.29. The third-order valence-corrected chi connectivity index (χ3v) is 5.73. The average Bonchev–Trinajstić information content (AvgIpc) is 2.85. The van der Waals surface area contributed by atoms with E-state index in [1.165, 1.54) is 6.42 Å². The van der Waals surface area contributed by atoms with Gasteiger partial charge in [0.1, 0.15) is 6.54 Å². The Hall–Kier alpha value is -2.04. The van der Waals surface area contributed by atoms with E-state index in [2.05, 4.69) is 26.1 Å². The number of hydrogen-bond donors (Lipinski definition) is 1. The zero-order chi connectivity index (χ0) is 18.0. The smallest absolute Gasteiger partial charge is 0.329 e. The molecule has 0 bridgehead atoms. The second-order valence-electron chi connectivity index (χ2n) is 7.45. The molecule has 5 nitrogen and oxygen atoms in total. The fourth-order valence-corrected chi connectivity index (χ4v) is 4.05. The highest BCUT2D eigenvalue weighted by Gasteiger charge is 2.28. The number of rotatable bonds is 5. The highest BCUT2D eigenvalue weighted by molar-refractivity contribution is 5.81. The second kappa shape index (κ2) is 7.46. The summed E-state index contributed by atoms with van der Waals surface area (Å²) in [6.45, 7) is 7.29. The van der Waals surface area contributed by atoms with Crippen LogP contribution in [0.4, 0.5) is 0 Å². The van der Waals surface area contributed by atoms with Gasteiger partial charge >= 0.3 is 5.69 Å². The normalized spacial score (nSPS) is 23.7. The minimum atomic E-state index is -0.0942. The van der Waals surface area contributed by atoms with Crippen molar-refractivity contribution in [3.05, 3.63) is 34.7 Å². The molecule has 5 heteroatoms. The lowest BCUT2D eigenvalue weighted by atomic mass is 9.78. The van der Waals surface area contributed by atoms with Gasteiger partial charge in [-0.1, -0.05) is 45.7 Å². The molecule has 136 valence electrons. The van der Waals surface area contributed by atoms with Crippen LogP contribution in [0.1, 0.15) is 46.5 Å². The van der Waals surface area contributed by atoms with Crippen molar-refractivity contribution in [2.24, 2.45) is 11.8 Å². The molecule has 0 saturated heterocycles. The molecule has 0 unspecified atom stereocenters. The Morgan fingerprint density at radius 3 is 2.52 bits per heavy atom. The zero-order valence-electron chi connectivity index (χ0n) is 15.5. The molecule has 1 heterocycles. The van der Waals surface area contributed by atoms with Crippen molar-refractivity contribution in [2.75, 3.05) is 0 Å². The van der Waals surface area contributed by atoms with Crippen LogP contribution in [0, 0.1) is 11.8 Å². The molecule has 25 heavy (non-hydrogen) atoms. The summed E-state index contributed by atoms with van der Waals surface area (Å²) < 4.78 is 3.38. The summed E-state index contributed by atoms with van der Waals surface area (Å²) in [6.07, 6.45) is 4.31. The molecule has 1 saturated carbocycles. The van der Waals surface area contributed by atoms with Crippen LogP contribution in [0.25, 0.3) is 11.0 Å². The molecule has 0 spiro atoms. The van der Waals surface area contributed by atoms with Crippen LogP contribution in [-0.4, -0.2) is 21.1 Å². The van der Waals surface area contributed by atoms with E-state index in [4.69, 9.17) is 0 Å². The average molecular weight is 343 g/mol. The van der Waals surface area contributed by atoms with Gasteiger partial charge in [-0.15, -0.1) is 0 Å². The number of aryl methyl sites for hydroxylation is 1. The maximum absolute atomic E-state index is 12.8. The molecule has 1 aliphatic carbocycles. The van der Waals surface area contributed by atoms with Crippen molar-refractivity contribution in [3.63, 3.8) is 0 Å². The minimum Gasteiger partial charge on any atom is -0.352 e. The summed E-state index contributed by atoms with van der Waals surface area (Å²) in [5, 5.41) is 3.17. The van der Waals surface area contributed by atoms with Crippen molar-refractivity contribution in [2.45, 2.75) is 65.6 Å². The van der Waals surface area contributed by atoms with Crippen LogP contribution in [0.3, 0.4) is 0 Å². The Bertz CT molecular complexity index is 805. The van der Waals surface area contributed by atoms with Gasteiger partial charge in [-0.05, 0) is 36.8 Å². The number of para-hydroxylation sites is 2. The van der Waals surface area contributed by atoms with Crippen molar-refractivity contribution >= 4 is 16.9 Å². The largest absolute Gasteiger partial charge is 0.352 e. The molecule has 1 amide bonds. The third-order valence-electron chi connectivity index (χ3n) is 5.73. The standard InChI is InChI=1S/C20H29N3O2/c1-4-12-22-17-10-5-6-11-18(17)23(20(22)25)13-19(24)21-16-9-7-8-14(2)15(16)3/h5-6,10-11,14-16H,4,7-9,12-13H2,1-3H3,(H,21,24)/t14-,15-,16-/m1/s1. The van der Waals surface area contributed by atoms with Crippen molar-refractivity contribution < 1.29 is 4.79 Å². The molecule has 3 rings (SSSR count). The van der Waals surface area contributed by atoms with E-state index < -0.39 is 0 Å². The number of hydrogen-bond acceptors (Lipinski definition) is 2. The predicted octanol–water partition coefficient (Wildman–Crippen LogP) is 3.15. The molecule has 1 N–H and O–H groups in total. The van der Waals surface area contributed by atoms with Crippen molar-refractivity contribution in [1.82, 2.24) is 14.5 Å². The van der Waals surface area contributed by atoms with E-state index in [1.54, 1.807) is 9.13 Å². The van der Waals surface area contributed by atoms with E-state index in [9.17, 15) is 9.59 Å². The number of nitrogens with one attached hydrogen (secondary N) is 1. The fraction of sp³-hybridized carbons (Fsp3) is 0.600. The third kappa shape index (κ3) is 3.51. The van der Waals surface area contributed by atoms with Gasteiger partial charge in [0.25, 0.3) is 0 Å². The molecular weight excluding hydrogens is 314 g/mol. The monoisotopic (exact) mass is 343 g/mol. The van der Waals surface area contributed by atoms with Crippen LogP contribution >= 0.6 is 0 Å². The van der Waals surface area contributed by atoms with E-state index >= 15 is 0 Å². The maximum Gasteiger partial charge on any atom is 0.329 e. The molecular formula is C20H29N3O2. The number of carbonyl (C=O) groups is 1. The summed E-state index contributed by atoms with van der Waals surface area (Å²) in [5.74, 6) is 1.05. The maximum atomic E-state index is 12.8. The summed E-state index contributed by atoms with van der Waals surface area (Å²) in [7, 11) is 0. The van der Waals surface area contributed by atoms with Crippen LogP contribution in [0.2, 0.25) is 0 Å².